The molecule has 94 valence electrons. The van der Waals surface area contributed by atoms with Crippen LogP contribution in [0, 0.1) is 5.41 Å². The molecule has 5 heteroatoms. The van der Waals surface area contributed by atoms with E-state index < -0.39 is 23.3 Å². The standard InChI is InChI=1S/C11H21NO4/c1-10(2,3)16-9(15)11(8(13)14)4-6-12-7-5-11/h8,12-14H,4-7H2,1-3H3. The van der Waals surface area contributed by atoms with Gasteiger partial charge in [-0.3, -0.25) is 4.79 Å². The molecule has 1 fully saturated rings. The highest BCUT2D eigenvalue weighted by molar-refractivity contribution is 5.78. The first kappa shape index (κ1) is 13.4. The van der Waals surface area contributed by atoms with E-state index in [1.54, 1.807) is 20.8 Å². The van der Waals surface area contributed by atoms with Crippen LogP contribution in [0.3, 0.4) is 0 Å². The van der Waals surface area contributed by atoms with Crippen LogP contribution in [0.4, 0.5) is 0 Å². The van der Waals surface area contributed by atoms with Crippen molar-refractivity contribution in [2.45, 2.75) is 45.5 Å². The molecule has 16 heavy (non-hydrogen) atoms. The van der Waals surface area contributed by atoms with E-state index in [0.717, 1.165) is 0 Å². The summed E-state index contributed by atoms with van der Waals surface area (Å²) in [6.45, 7) is 6.49. The molecule has 3 N–H and O–H groups in total. The minimum Gasteiger partial charge on any atom is -0.459 e. The van der Waals surface area contributed by atoms with E-state index in [0.29, 0.717) is 25.9 Å². The second kappa shape index (κ2) is 4.69. The van der Waals surface area contributed by atoms with Crippen LogP contribution in [0.1, 0.15) is 33.6 Å². The highest BCUT2D eigenvalue weighted by Gasteiger charge is 2.47. The van der Waals surface area contributed by atoms with Gasteiger partial charge >= 0.3 is 5.97 Å². The minimum absolute atomic E-state index is 0.388. The van der Waals surface area contributed by atoms with Crippen LogP contribution in [0.5, 0.6) is 0 Å². The first-order chi connectivity index (χ1) is 7.28. The van der Waals surface area contributed by atoms with E-state index in [1.807, 2.05) is 0 Å². The number of esters is 1. The van der Waals surface area contributed by atoms with Gasteiger partial charge in [-0.15, -0.1) is 0 Å². The fraction of sp³-hybridized carbons (Fsp3) is 0.909. The third kappa shape index (κ3) is 2.93. The third-order valence-corrected chi connectivity index (χ3v) is 2.80. The largest absolute Gasteiger partial charge is 0.459 e. The summed E-state index contributed by atoms with van der Waals surface area (Å²) in [6, 6.07) is 0. The second-order valence-corrected chi connectivity index (χ2v) is 5.28. The molecule has 0 saturated carbocycles. The van der Waals surface area contributed by atoms with E-state index >= 15 is 0 Å². The molecule has 0 aromatic carbocycles. The molecule has 0 radical (unpaired) electrons. The van der Waals surface area contributed by atoms with Crippen LogP contribution < -0.4 is 5.32 Å². The van der Waals surface area contributed by atoms with Crippen molar-refractivity contribution in [1.29, 1.82) is 0 Å². The number of ether oxygens (including phenoxy) is 1. The number of carbonyl (C=O) groups excluding carboxylic acids is 1. The highest BCUT2D eigenvalue weighted by atomic mass is 16.6. The van der Waals surface area contributed by atoms with Crippen molar-refractivity contribution in [3.63, 3.8) is 0 Å². The van der Waals surface area contributed by atoms with Gasteiger partial charge < -0.3 is 20.3 Å². The summed E-state index contributed by atoms with van der Waals surface area (Å²) < 4.78 is 5.26. The van der Waals surface area contributed by atoms with Gasteiger partial charge in [-0.1, -0.05) is 0 Å². The van der Waals surface area contributed by atoms with Gasteiger partial charge in [0.15, 0.2) is 6.29 Å². The molecule has 0 atom stereocenters. The SMILES string of the molecule is CC(C)(C)OC(=O)C1(C(O)O)CCNCC1. The molecule has 0 spiro atoms. The zero-order chi connectivity index (χ0) is 12.4. The summed E-state index contributed by atoms with van der Waals surface area (Å²) in [7, 11) is 0. The molecule has 0 amide bonds. The predicted molar refractivity (Wildman–Crippen MR) is 58.6 cm³/mol. The summed E-state index contributed by atoms with van der Waals surface area (Å²) in [5, 5.41) is 21.9. The lowest BCUT2D eigenvalue weighted by Crippen LogP contribution is -2.51. The van der Waals surface area contributed by atoms with E-state index in [9.17, 15) is 15.0 Å². The highest BCUT2D eigenvalue weighted by Crippen LogP contribution is 2.34. The average molecular weight is 231 g/mol. The average Bonchev–Trinajstić information content (AvgIpc) is 2.16. The Morgan fingerprint density at radius 2 is 1.81 bits per heavy atom. The third-order valence-electron chi connectivity index (χ3n) is 2.80. The van der Waals surface area contributed by atoms with Crippen molar-refractivity contribution in [3.8, 4) is 0 Å². The van der Waals surface area contributed by atoms with Crippen LogP contribution in [-0.4, -0.2) is 41.2 Å². The molecule has 1 aliphatic rings. The lowest BCUT2D eigenvalue weighted by Gasteiger charge is -2.38. The van der Waals surface area contributed by atoms with E-state index in [1.165, 1.54) is 0 Å². The zero-order valence-corrected chi connectivity index (χ0v) is 10.1. The Morgan fingerprint density at radius 1 is 1.31 bits per heavy atom. The van der Waals surface area contributed by atoms with Crippen molar-refractivity contribution < 1.29 is 19.7 Å². The van der Waals surface area contributed by atoms with Crippen molar-refractivity contribution >= 4 is 5.97 Å². The van der Waals surface area contributed by atoms with Gasteiger partial charge in [0.25, 0.3) is 0 Å². The normalized spacial score (nSPS) is 20.9. The molecular formula is C11H21NO4. The fourth-order valence-corrected chi connectivity index (χ4v) is 1.82. The number of aliphatic hydroxyl groups excluding tert-OH is 1. The molecule has 0 aromatic rings. The summed E-state index contributed by atoms with van der Waals surface area (Å²) in [5.74, 6) is -0.517. The molecule has 5 nitrogen and oxygen atoms in total. The quantitative estimate of drug-likeness (QED) is 0.461. The summed E-state index contributed by atoms with van der Waals surface area (Å²) in [4.78, 5) is 12.0. The van der Waals surface area contributed by atoms with Gasteiger partial charge in [0.05, 0.1) is 0 Å². The Labute approximate surface area is 95.8 Å². The van der Waals surface area contributed by atoms with Crippen molar-refractivity contribution in [2.75, 3.05) is 13.1 Å². The maximum atomic E-state index is 12.0. The molecule has 1 heterocycles. The molecule has 0 aromatic heterocycles. The summed E-state index contributed by atoms with van der Waals surface area (Å²) in [6.07, 6.45) is -0.886. The smallest absolute Gasteiger partial charge is 0.317 e. The lowest BCUT2D eigenvalue weighted by atomic mass is 9.78. The second-order valence-electron chi connectivity index (χ2n) is 5.28. The topological polar surface area (TPSA) is 78.8 Å². The molecule has 0 unspecified atom stereocenters. The Hall–Kier alpha value is -0.650. The number of nitrogens with one attached hydrogen (secondary N) is 1. The summed E-state index contributed by atoms with van der Waals surface area (Å²) >= 11 is 0. The van der Waals surface area contributed by atoms with Gasteiger partial charge in [-0.05, 0) is 46.7 Å². The number of rotatable bonds is 2. The maximum absolute atomic E-state index is 12.0. The maximum Gasteiger partial charge on any atom is 0.317 e. The number of hydrogen-bond donors (Lipinski definition) is 3. The molecule has 1 rings (SSSR count). The summed E-state index contributed by atoms with van der Waals surface area (Å²) in [5.41, 5.74) is -1.78. The Balaban J connectivity index is 2.81. The minimum atomic E-state index is -1.66. The van der Waals surface area contributed by atoms with E-state index in [4.69, 9.17) is 4.74 Å². The number of hydrogen-bond acceptors (Lipinski definition) is 5. The molecule has 0 aliphatic carbocycles. The van der Waals surface area contributed by atoms with Crippen molar-refractivity contribution in [2.24, 2.45) is 5.41 Å². The Kier molecular flexibility index (Phi) is 3.93. The molecule has 0 bridgehead atoms. The van der Waals surface area contributed by atoms with Crippen LogP contribution >= 0.6 is 0 Å². The van der Waals surface area contributed by atoms with Gasteiger partial charge in [0.1, 0.15) is 11.0 Å². The van der Waals surface area contributed by atoms with Crippen LogP contribution in [0.15, 0.2) is 0 Å². The zero-order valence-electron chi connectivity index (χ0n) is 10.1. The first-order valence-electron chi connectivity index (χ1n) is 5.58. The van der Waals surface area contributed by atoms with Crippen LogP contribution in [0.25, 0.3) is 0 Å². The monoisotopic (exact) mass is 231 g/mol. The lowest BCUT2D eigenvalue weighted by molar-refractivity contribution is -0.201. The predicted octanol–water partition coefficient (Wildman–Crippen LogP) is 0.00860. The van der Waals surface area contributed by atoms with E-state index in [-0.39, 0.29) is 0 Å². The Bertz CT molecular complexity index is 251. The van der Waals surface area contributed by atoms with Crippen LogP contribution in [-0.2, 0) is 9.53 Å². The van der Waals surface area contributed by atoms with Gasteiger partial charge in [-0.25, -0.2) is 0 Å². The van der Waals surface area contributed by atoms with Crippen LogP contribution in [0.2, 0.25) is 0 Å². The fourth-order valence-electron chi connectivity index (χ4n) is 1.82. The Morgan fingerprint density at radius 3 is 2.19 bits per heavy atom. The van der Waals surface area contributed by atoms with Gasteiger partial charge in [0, 0.05) is 0 Å². The molecule has 1 aliphatic heterocycles. The number of carbonyl (C=O) groups is 1. The molecule has 1 saturated heterocycles. The van der Waals surface area contributed by atoms with Gasteiger partial charge in [-0.2, -0.15) is 0 Å². The number of piperidine rings is 1. The van der Waals surface area contributed by atoms with Crippen molar-refractivity contribution in [3.05, 3.63) is 0 Å². The van der Waals surface area contributed by atoms with Crippen molar-refractivity contribution in [1.82, 2.24) is 5.32 Å². The number of aliphatic hydroxyl groups is 2. The first-order valence-corrected chi connectivity index (χ1v) is 5.58. The van der Waals surface area contributed by atoms with E-state index in [2.05, 4.69) is 5.32 Å². The van der Waals surface area contributed by atoms with Gasteiger partial charge in [0.2, 0.25) is 0 Å². The molecular weight excluding hydrogens is 210 g/mol.